The van der Waals surface area contributed by atoms with Gasteiger partial charge in [-0.1, -0.05) is 0 Å². The van der Waals surface area contributed by atoms with Crippen LogP contribution < -0.4 is 11.1 Å². The maximum Gasteiger partial charge on any atom is 0.237 e. The molecule has 108 valence electrons. The highest BCUT2D eigenvalue weighted by Gasteiger charge is 2.32. The molecule has 6 nitrogen and oxygen atoms in total. The van der Waals surface area contributed by atoms with E-state index in [1.54, 1.807) is 4.90 Å². The molecule has 2 amide bonds. The molecule has 0 aromatic carbocycles. The number of primary amides is 1. The van der Waals surface area contributed by atoms with E-state index in [1.807, 2.05) is 0 Å². The standard InChI is InChI=1S/C13H23N3O3/c14-12(17)9-16(11-1-5-15-6-2-11)13(18)10-3-7-19-8-4-10/h10-11,15H,1-9H2,(H2,14,17). The van der Waals surface area contributed by atoms with Crippen molar-refractivity contribution < 1.29 is 14.3 Å². The summed E-state index contributed by atoms with van der Waals surface area (Å²) in [6.07, 6.45) is 3.28. The number of piperidine rings is 1. The fourth-order valence-corrected chi connectivity index (χ4v) is 2.85. The fourth-order valence-electron chi connectivity index (χ4n) is 2.85. The second-order valence-electron chi connectivity index (χ2n) is 5.30. The Morgan fingerprint density at radius 3 is 2.37 bits per heavy atom. The molecular weight excluding hydrogens is 246 g/mol. The van der Waals surface area contributed by atoms with Gasteiger partial charge >= 0.3 is 0 Å². The van der Waals surface area contributed by atoms with Crippen LogP contribution in [0.3, 0.4) is 0 Å². The number of amides is 2. The Hall–Kier alpha value is -1.14. The first-order valence-electron chi connectivity index (χ1n) is 7.05. The number of nitrogens with zero attached hydrogens (tertiary/aromatic N) is 1. The molecule has 0 aliphatic carbocycles. The van der Waals surface area contributed by atoms with Gasteiger partial charge in [0.25, 0.3) is 0 Å². The zero-order valence-electron chi connectivity index (χ0n) is 11.3. The predicted molar refractivity (Wildman–Crippen MR) is 70.3 cm³/mol. The molecule has 2 rings (SSSR count). The number of carbonyl (C=O) groups is 2. The molecule has 6 heteroatoms. The normalized spacial score (nSPS) is 22.1. The first-order chi connectivity index (χ1) is 9.18. The molecule has 0 bridgehead atoms. The average molecular weight is 269 g/mol. The maximum atomic E-state index is 12.6. The molecule has 2 fully saturated rings. The lowest BCUT2D eigenvalue weighted by atomic mass is 9.96. The molecule has 0 spiro atoms. The third-order valence-electron chi connectivity index (χ3n) is 3.93. The van der Waals surface area contributed by atoms with Gasteiger partial charge in [0.2, 0.25) is 11.8 Å². The summed E-state index contributed by atoms with van der Waals surface area (Å²) in [5.74, 6) is -0.365. The lowest BCUT2D eigenvalue weighted by Gasteiger charge is -2.36. The zero-order valence-corrected chi connectivity index (χ0v) is 11.3. The van der Waals surface area contributed by atoms with Crippen molar-refractivity contribution in [2.45, 2.75) is 31.7 Å². The Morgan fingerprint density at radius 1 is 1.16 bits per heavy atom. The van der Waals surface area contributed by atoms with E-state index < -0.39 is 5.91 Å². The molecule has 2 aliphatic heterocycles. The van der Waals surface area contributed by atoms with Crippen LogP contribution in [0.15, 0.2) is 0 Å². The molecule has 2 heterocycles. The summed E-state index contributed by atoms with van der Waals surface area (Å²) in [4.78, 5) is 25.5. The summed E-state index contributed by atoms with van der Waals surface area (Å²) >= 11 is 0. The topological polar surface area (TPSA) is 84.7 Å². The van der Waals surface area contributed by atoms with Crippen molar-refractivity contribution in [2.24, 2.45) is 11.7 Å². The number of hydrogen-bond donors (Lipinski definition) is 2. The minimum atomic E-state index is -0.432. The number of carbonyl (C=O) groups excluding carboxylic acids is 2. The average Bonchev–Trinajstić information content (AvgIpc) is 2.46. The molecule has 0 radical (unpaired) electrons. The maximum absolute atomic E-state index is 12.6. The number of nitrogens with two attached hydrogens (primary N) is 1. The SMILES string of the molecule is NC(=O)CN(C(=O)C1CCOCC1)C1CCNCC1. The number of rotatable bonds is 4. The van der Waals surface area contributed by atoms with Crippen LogP contribution >= 0.6 is 0 Å². The highest BCUT2D eigenvalue weighted by Crippen LogP contribution is 2.21. The largest absolute Gasteiger partial charge is 0.381 e. The molecule has 0 unspecified atom stereocenters. The Balaban J connectivity index is 2.02. The summed E-state index contributed by atoms with van der Waals surface area (Å²) in [5, 5.41) is 3.27. The highest BCUT2D eigenvalue weighted by molar-refractivity contribution is 5.85. The molecule has 0 aromatic heterocycles. The molecule has 19 heavy (non-hydrogen) atoms. The van der Waals surface area contributed by atoms with Crippen molar-refractivity contribution in [3.63, 3.8) is 0 Å². The Morgan fingerprint density at radius 2 is 1.79 bits per heavy atom. The third kappa shape index (κ3) is 3.91. The summed E-state index contributed by atoms with van der Waals surface area (Å²) in [6, 6.07) is 0.143. The molecule has 3 N–H and O–H groups in total. The van der Waals surface area contributed by atoms with Crippen molar-refractivity contribution in [2.75, 3.05) is 32.8 Å². The third-order valence-corrected chi connectivity index (χ3v) is 3.93. The molecule has 0 saturated carbocycles. The summed E-state index contributed by atoms with van der Waals surface area (Å²) in [5.41, 5.74) is 5.29. The van der Waals surface area contributed by atoms with Gasteiger partial charge in [0.1, 0.15) is 0 Å². The minimum Gasteiger partial charge on any atom is -0.381 e. The van der Waals surface area contributed by atoms with Gasteiger partial charge < -0.3 is 20.7 Å². The van der Waals surface area contributed by atoms with Crippen molar-refractivity contribution in [3.8, 4) is 0 Å². The van der Waals surface area contributed by atoms with Crippen LogP contribution in [0, 0.1) is 5.92 Å². The summed E-state index contributed by atoms with van der Waals surface area (Å²) in [6.45, 7) is 3.09. The monoisotopic (exact) mass is 269 g/mol. The first-order valence-corrected chi connectivity index (χ1v) is 7.05. The van der Waals surface area contributed by atoms with Gasteiger partial charge in [-0.25, -0.2) is 0 Å². The molecular formula is C13H23N3O3. The Bertz CT molecular complexity index is 323. The minimum absolute atomic E-state index is 0.0111. The van der Waals surface area contributed by atoms with Gasteiger partial charge in [0.15, 0.2) is 0 Å². The Labute approximate surface area is 113 Å². The zero-order chi connectivity index (χ0) is 13.7. The molecule has 0 atom stereocenters. The number of ether oxygens (including phenoxy) is 1. The number of nitrogens with one attached hydrogen (secondary N) is 1. The quantitative estimate of drug-likeness (QED) is 0.719. The van der Waals surface area contributed by atoms with Gasteiger partial charge in [0.05, 0.1) is 6.54 Å². The van der Waals surface area contributed by atoms with E-state index in [2.05, 4.69) is 5.32 Å². The van der Waals surface area contributed by atoms with E-state index in [9.17, 15) is 9.59 Å². The van der Waals surface area contributed by atoms with Gasteiger partial charge in [-0.15, -0.1) is 0 Å². The molecule has 2 aliphatic rings. The lowest BCUT2D eigenvalue weighted by molar-refractivity contribution is -0.144. The molecule has 2 saturated heterocycles. The van der Waals surface area contributed by atoms with Crippen molar-refractivity contribution in [1.29, 1.82) is 0 Å². The van der Waals surface area contributed by atoms with E-state index in [-0.39, 0.29) is 24.4 Å². The van der Waals surface area contributed by atoms with Crippen LogP contribution in [0.1, 0.15) is 25.7 Å². The second kappa shape index (κ2) is 6.86. The fraction of sp³-hybridized carbons (Fsp3) is 0.846. The van der Waals surface area contributed by atoms with E-state index in [1.165, 1.54) is 0 Å². The van der Waals surface area contributed by atoms with Crippen LogP contribution in [-0.4, -0.2) is 55.6 Å². The molecule has 0 aromatic rings. The van der Waals surface area contributed by atoms with Crippen molar-refractivity contribution in [3.05, 3.63) is 0 Å². The van der Waals surface area contributed by atoms with Gasteiger partial charge in [-0.2, -0.15) is 0 Å². The van der Waals surface area contributed by atoms with Crippen molar-refractivity contribution in [1.82, 2.24) is 10.2 Å². The Kier molecular flexibility index (Phi) is 5.15. The van der Waals surface area contributed by atoms with Crippen LogP contribution in [0.5, 0.6) is 0 Å². The first kappa shape index (κ1) is 14.3. The van der Waals surface area contributed by atoms with E-state index in [4.69, 9.17) is 10.5 Å². The van der Waals surface area contributed by atoms with E-state index in [0.717, 1.165) is 38.8 Å². The lowest BCUT2D eigenvalue weighted by Crippen LogP contribution is -2.51. The van der Waals surface area contributed by atoms with Crippen LogP contribution in [0.25, 0.3) is 0 Å². The van der Waals surface area contributed by atoms with Crippen molar-refractivity contribution >= 4 is 11.8 Å². The van der Waals surface area contributed by atoms with E-state index >= 15 is 0 Å². The van der Waals surface area contributed by atoms with Crippen LogP contribution in [-0.2, 0) is 14.3 Å². The highest BCUT2D eigenvalue weighted by atomic mass is 16.5. The van der Waals surface area contributed by atoms with Gasteiger partial charge in [-0.3, -0.25) is 9.59 Å². The summed E-state index contributed by atoms with van der Waals surface area (Å²) < 4.78 is 5.28. The van der Waals surface area contributed by atoms with Gasteiger partial charge in [0, 0.05) is 25.2 Å². The smallest absolute Gasteiger partial charge is 0.237 e. The summed E-state index contributed by atoms with van der Waals surface area (Å²) in [7, 11) is 0. The van der Waals surface area contributed by atoms with Crippen LogP contribution in [0.2, 0.25) is 0 Å². The number of hydrogen-bond acceptors (Lipinski definition) is 4. The van der Waals surface area contributed by atoms with Crippen LogP contribution in [0.4, 0.5) is 0 Å². The van der Waals surface area contributed by atoms with E-state index in [0.29, 0.717) is 13.2 Å². The second-order valence-corrected chi connectivity index (χ2v) is 5.30. The van der Waals surface area contributed by atoms with Gasteiger partial charge in [-0.05, 0) is 38.8 Å². The predicted octanol–water partition coefficient (Wildman–Crippen LogP) is -0.521.